The van der Waals surface area contributed by atoms with Crippen LogP contribution in [0.4, 0.5) is 0 Å². The summed E-state index contributed by atoms with van der Waals surface area (Å²) in [5.74, 6) is -0.602. The smallest absolute Gasteiger partial charge is 0.306 e. The van der Waals surface area contributed by atoms with Gasteiger partial charge in [-0.3, -0.25) is 9.59 Å². The maximum Gasteiger partial charge on any atom is 0.306 e. The summed E-state index contributed by atoms with van der Waals surface area (Å²) in [6.45, 7) is 4.08. The molecule has 280 valence electrons. The van der Waals surface area contributed by atoms with Gasteiger partial charge >= 0.3 is 11.9 Å². The van der Waals surface area contributed by atoms with Crippen molar-refractivity contribution in [2.24, 2.45) is 0 Å². The largest absolute Gasteiger partial charge is 0.462 e. The third-order valence-corrected chi connectivity index (χ3v) is 8.91. The zero-order chi connectivity index (χ0) is 35.0. The molecule has 5 heteroatoms. The average molecular weight is 675 g/mol. The number of unbranched alkanes of at least 4 members (excludes halogenated alkanes) is 23. The topological polar surface area (TPSA) is 72.8 Å². The van der Waals surface area contributed by atoms with Crippen LogP contribution < -0.4 is 0 Å². The van der Waals surface area contributed by atoms with Gasteiger partial charge in [0.2, 0.25) is 0 Å². The summed E-state index contributed by atoms with van der Waals surface area (Å²) in [5, 5.41) is 9.54. The maximum absolute atomic E-state index is 12.2. The minimum Gasteiger partial charge on any atom is -0.462 e. The van der Waals surface area contributed by atoms with E-state index >= 15 is 0 Å². The molecule has 5 nitrogen and oxygen atoms in total. The molecule has 0 saturated heterocycles. The van der Waals surface area contributed by atoms with Gasteiger partial charge in [-0.2, -0.15) is 0 Å². The van der Waals surface area contributed by atoms with Crippen molar-refractivity contribution < 1.29 is 24.2 Å². The van der Waals surface area contributed by atoms with Gasteiger partial charge in [-0.15, -0.1) is 0 Å². The molecule has 0 aromatic rings. The number of hydrogen-bond acceptors (Lipinski definition) is 5. The van der Waals surface area contributed by atoms with E-state index in [0.717, 1.165) is 51.4 Å². The Morgan fingerprint density at radius 2 is 0.854 bits per heavy atom. The maximum atomic E-state index is 12.2. The van der Waals surface area contributed by atoms with E-state index in [0.29, 0.717) is 12.8 Å². The first-order valence-corrected chi connectivity index (χ1v) is 20.5. The van der Waals surface area contributed by atoms with Gasteiger partial charge in [0.05, 0.1) is 6.61 Å². The standard InChI is InChI=1S/C43H78O5/c1-3-5-7-9-11-13-15-16-17-18-19-20-21-22-23-24-25-26-28-30-32-34-36-38-43(46)48-41(39-44)40-47-42(45)37-35-33-31-29-27-14-12-10-8-6-4-2/h10,12,15-16,18-19,41,44H,3-9,11,13-14,17,20-40H2,1-2H3/b12-10-,16-15-,19-18-. The number of carbonyl (C=O) groups is 2. The van der Waals surface area contributed by atoms with Crippen molar-refractivity contribution in [1.29, 1.82) is 0 Å². The van der Waals surface area contributed by atoms with Gasteiger partial charge in [-0.25, -0.2) is 0 Å². The highest BCUT2D eigenvalue weighted by molar-refractivity contribution is 5.70. The van der Waals surface area contributed by atoms with Crippen LogP contribution in [-0.2, 0) is 19.1 Å². The fourth-order valence-corrected chi connectivity index (χ4v) is 5.74. The van der Waals surface area contributed by atoms with Crippen molar-refractivity contribution in [3.8, 4) is 0 Å². The Morgan fingerprint density at radius 1 is 0.479 bits per heavy atom. The molecule has 0 fully saturated rings. The molecular formula is C43H78O5. The van der Waals surface area contributed by atoms with Gasteiger partial charge in [-0.1, -0.05) is 166 Å². The lowest BCUT2D eigenvalue weighted by molar-refractivity contribution is -0.161. The van der Waals surface area contributed by atoms with Crippen LogP contribution in [0.2, 0.25) is 0 Å². The molecule has 48 heavy (non-hydrogen) atoms. The Kier molecular flexibility index (Phi) is 38.0. The van der Waals surface area contributed by atoms with Crippen molar-refractivity contribution in [1.82, 2.24) is 0 Å². The van der Waals surface area contributed by atoms with E-state index in [-0.39, 0.29) is 25.2 Å². The summed E-state index contributed by atoms with van der Waals surface area (Å²) in [5.41, 5.74) is 0. The van der Waals surface area contributed by atoms with Gasteiger partial charge in [-0.05, 0) is 64.2 Å². The number of esters is 2. The van der Waals surface area contributed by atoms with Gasteiger partial charge in [0.1, 0.15) is 6.61 Å². The zero-order valence-electron chi connectivity index (χ0n) is 31.7. The van der Waals surface area contributed by atoms with Crippen LogP contribution in [0.1, 0.15) is 206 Å². The number of rotatable bonds is 37. The van der Waals surface area contributed by atoms with Crippen molar-refractivity contribution in [2.75, 3.05) is 13.2 Å². The van der Waals surface area contributed by atoms with E-state index in [1.165, 1.54) is 128 Å². The van der Waals surface area contributed by atoms with E-state index < -0.39 is 6.10 Å². The van der Waals surface area contributed by atoms with Crippen molar-refractivity contribution in [3.63, 3.8) is 0 Å². The summed E-state index contributed by atoms with van der Waals surface area (Å²) >= 11 is 0. The number of aliphatic hydroxyl groups excluding tert-OH is 1. The van der Waals surface area contributed by atoms with Crippen molar-refractivity contribution in [3.05, 3.63) is 36.5 Å². The van der Waals surface area contributed by atoms with Crippen LogP contribution in [0.5, 0.6) is 0 Å². The van der Waals surface area contributed by atoms with Crippen LogP contribution in [0.3, 0.4) is 0 Å². The predicted molar refractivity (Wildman–Crippen MR) is 205 cm³/mol. The summed E-state index contributed by atoms with van der Waals surface area (Å²) in [4.78, 5) is 24.2. The fourth-order valence-electron chi connectivity index (χ4n) is 5.74. The predicted octanol–water partition coefficient (Wildman–Crippen LogP) is 12.8. The second-order valence-corrected chi connectivity index (χ2v) is 13.7. The summed E-state index contributed by atoms with van der Waals surface area (Å²) in [6, 6.07) is 0. The lowest BCUT2D eigenvalue weighted by Gasteiger charge is -2.15. The molecule has 0 aliphatic rings. The van der Waals surface area contributed by atoms with Crippen LogP contribution in [0, 0.1) is 0 Å². The Balaban J connectivity index is 3.51. The Labute approximate surface area is 297 Å². The molecule has 0 heterocycles. The summed E-state index contributed by atoms with van der Waals surface area (Å²) < 4.78 is 10.6. The number of carbonyl (C=O) groups excluding carboxylic acids is 2. The number of hydrogen-bond donors (Lipinski definition) is 1. The SMILES string of the molecule is CCCC/C=C\CCCCCCCC(=O)OCC(CO)OC(=O)CCCCCCCCCCCCC/C=C\C/C=C\CCCCCCC. The molecule has 0 amide bonds. The Hall–Kier alpha value is -1.88. The summed E-state index contributed by atoms with van der Waals surface area (Å²) in [7, 11) is 0. The highest BCUT2D eigenvalue weighted by Crippen LogP contribution is 2.14. The Morgan fingerprint density at radius 3 is 1.31 bits per heavy atom. The van der Waals surface area contributed by atoms with Gasteiger partial charge in [0, 0.05) is 12.8 Å². The molecule has 0 aromatic carbocycles. The third kappa shape index (κ3) is 36.9. The first-order valence-electron chi connectivity index (χ1n) is 20.5. The first-order chi connectivity index (χ1) is 23.6. The van der Waals surface area contributed by atoms with Gasteiger partial charge < -0.3 is 14.6 Å². The van der Waals surface area contributed by atoms with Gasteiger partial charge in [0.15, 0.2) is 6.10 Å². The monoisotopic (exact) mass is 675 g/mol. The lowest BCUT2D eigenvalue weighted by atomic mass is 10.0. The minimum atomic E-state index is -0.773. The normalized spacial score (nSPS) is 12.5. The second kappa shape index (κ2) is 39.6. The average Bonchev–Trinajstić information content (AvgIpc) is 3.09. The molecule has 0 radical (unpaired) electrons. The summed E-state index contributed by atoms with van der Waals surface area (Å²) in [6.07, 6.45) is 47.8. The third-order valence-electron chi connectivity index (χ3n) is 8.91. The molecule has 1 atom stereocenters. The van der Waals surface area contributed by atoms with E-state index in [1.807, 2.05) is 0 Å². The molecule has 0 aliphatic carbocycles. The molecule has 0 rings (SSSR count). The van der Waals surface area contributed by atoms with Crippen molar-refractivity contribution >= 4 is 11.9 Å². The van der Waals surface area contributed by atoms with E-state index in [4.69, 9.17) is 9.47 Å². The molecule has 0 aromatic heterocycles. The molecule has 1 unspecified atom stereocenters. The Bertz CT molecular complexity index is 771. The zero-order valence-corrected chi connectivity index (χ0v) is 31.7. The van der Waals surface area contributed by atoms with Crippen LogP contribution in [-0.4, -0.2) is 36.4 Å². The fraction of sp³-hybridized carbons (Fsp3) is 0.814. The van der Waals surface area contributed by atoms with E-state index in [1.54, 1.807) is 0 Å². The molecule has 0 saturated carbocycles. The molecule has 0 aliphatic heterocycles. The lowest BCUT2D eigenvalue weighted by Crippen LogP contribution is -2.28. The van der Waals surface area contributed by atoms with Crippen LogP contribution in [0.25, 0.3) is 0 Å². The molecule has 0 spiro atoms. The highest BCUT2D eigenvalue weighted by Gasteiger charge is 2.16. The first kappa shape index (κ1) is 46.1. The van der Waals surface area contributed by atoms with Gasteiger partial charge in [0.25, 0.3) is 0 Å². The number of allylic oxidation sites excluding steroid dienone is 6. The number of aliphatic hydroxyl groups is 1. The molecule has 1 N–H and O–H groups in total. The number of ether oxygens (including phenoxy) is 2. The molecule has 0 bridgehead atoms. The van der Waals surface area contributed by atoms with Crippen LogP contribution >= 0.6 is 0 Å². The quantitative estimate of drug-likeness (QED) is 0.0403. The second-order valence-electron chi connectivity index (χ2n) is 13.7. The highest BCUT2D eigenvalue weighted by atomic mass is 16.6. The van der Waals surface area contributed by atoms with E-state index in [9.17, 15) is 14.7 Å². The minimum absolute atomic E-state index is 0.0697. The van der Waals surface area contributed by atoms with Crippen molar-refractivity contribution in [2.45, 2.75) is 213 Å². The van der Waals surface area contributed by atoms with Crippen LogP contribution in [0.15, 0.2) is 36.5 Å². The molecular weight excluding hydrogens is 596 g/mol. The van der Waals surface area contributed by atoms with E-state index in [2.05, 4.69) is 50.3 Å².